The number of nitrogens with two attached hydrogens (primary N) is 1. The van der Waals surface area contributed by atoms with Gasteiger partial charge in [-0.05, 0) is 50.0 Å². The number of primary amides is 1. The zero-order valence-electron chi connectivity index (χ0n) is 21.0. The largest absolute Gasteiger partial charge is 0.380 e. The van der Waals surface area contributed by atoms with Gasteiger partial charge in [0.2, 0.25) is 5.91 Å². The average Bonchev–Trinajstić information content (AvgIpc) is 2.87. The van der Waals surface area contributed by atoms with Gasteiger partial charge in [0.15, 0.2) is 5.78 Å². The molecule has 4 rings (SSSR count). The summed E-state index contributed by atoms with van der Waals surface area (Å²) >= 11 is 0. The Labute approximate surface area is 211 Å². The number of fused-ring (bicyclic) bond motifs is 1. The highest BCUT2D eigenvalue weighted by atomic mass is 16.5. The molecule has 0 unspecified atom stereocenters. The van der Waals surface area contributed by atoms with E-state index in [1.165, 1.54) is 11.6 Å². The first-order valence-electron chi connectivity index (χ1n) is 12.4. The molecule has 0 atom stereocenters. The molecular formula is C28H34N4O4. The van der Waals surface area contributed by atoms with Crippen LogP contribution in [0.25, 0.3) is 10.9 Å². The predicted octanol–water partition coefficient (Wildman–Crippen LogP) is 2.70. The minimum atomic E-state index is -0.604. The zero-order valence-corrected chi connectivity index (χ0v) is 21.0. The number of nitrogens with zero attached hydrogens (tertiary/aromatic N) is 2. The van der Waals surface area contributed by atoms with Gasteiger partial charge in [-0.15, -0.1) is 0 Å². The van der Waals surface area contributed by atoms with E-state index < -0.39 is 5.91 Å². The number of ether oxygens (including phenoxy) is 1. The second kappa shape index (κ2) is 11.6. The van der Waals surface area contributed by atoms with Crippen LogP contribution in [-0.2, 0) is 24.4 Å². The fourth-order valence-electron chi connectivity index (χ4n) is 4.84. The summed E-state index contributed by atoms with van der Waals surface area (Å²) in [5.74, 6) is -0.524. The van der Waals surface area contributed by atoms with Crippen molar-refractivity contribution in [2.24, 2.45) is 5.73 Å². The molecule has 0 spiro atoms. The molecule has 2 heterocycles. The lowest BCUT2D eigenvalue weighted by Crippen LogP contribution is -2.43. The number of methoxy groups -OCH3 is 1. The molecule has 0 bridgehead atoms. The van der Waals surface area contributed by atoms with Crippen molar-refractivity contribution in [3.05, 3.63) is 81.1 Å². The number of piperidine rings is 1. The Hall–Kier alpha value is -3.33. The fourth-order valence-corrected chi connectivity index (χ4v) is 4.84. The zero-order chi connectivity index (χ0) is 25.7. The van der Waals surface area contributed by atoms with Crippen LogP contribution in [0.3, 0.4) is 0 Å². The van der Waals surface area contributed by atoms with Crippen LogP contribution in [0.1, 0.15) is 51.6 Å². The van der Waals surface area contributed by atoms with Gasteiger partial charge in [-0.1, -0.05) is 36.4 Å². The van der Waals surface area contributed by atoms with Crippen molar-refractivity contribution >= 4 is 22.6 Å². The standard InChI is InChI=1S/C28H34N4O4/c1-19(33)22-6-3-20(4-7-22)17-30-23-9-11-31(12-10-23)13-14-32-26-15-21(18-36-2)5-8-24(26)25(28(29)35)16-27(32)34/h3-8,15-16,23,30H,9-14,17-18H2,1-2H3,(H2,29,35). The van der Waals surface area contributed by atoms with E-state index in [1.54, 1.807) is 18.6 Å². The Morgan fingerprint density at radius 3 is 2.36 bits per heavy atom. The third-order valence-corrected chi connectivity index (χ3v) is 6.94. The van der Waals surface area contributed by atoms with Crippen LogP contribution in [0.4, 0.5) is 0 Å². The van der Waals surface area contributed by atoms with Crippen molar-refractivity contribution in [3.8, 4) is 0 Å². The topological polar surface area (TPSA) is 107 Å². The highest BCUT2D eigenvalue weighted by molar-refractivity contribution is 6.05. The highest BCUT2D eigenvalue weighted by Gasteiger charge is 2.20. The Bertz CT molecular complexity index is 1290. The quantitative estimate of drug-likeness (QED) is 0.423. The van der Waals surface area contributed by atoms with Crippen LogP contribution in [0.2, 0.25) is 0 Å². The second-order valence-corrected chi connectivity index (χ2v) is 9.45. The summed E-state index contributed by atoms with van der Waals surface area (Å²) in [7, 11) is 1.62. The summed E-state index contributed by atoms with van der Waals surface area (Å²) < 4.78 is 6.98. The molecule has 3 N–H and O–H groups in total. The lowest BCUT2D eigenvalue weighted by Gasteiger charge is -2.32. The Kier molecular flexibility index (Phi) is 8.30. The van der Waals surface area contributed by atoms with E-state index in [2.05, 4.69) is 10.2 Å². The first-order chi connectivity index (χ1) is 17.4. The summed E-state index contributed by atoms with van der Waals surface area (Å²) in [5.41, 5.74) is 9.11. The molecule has 36 heavy (non-hydrogen) atoms. The molecule has 0 saturated carbocycles. The Morgan fingerprint density at radius 2 is 1.72 bits per heavy atom. The number of hydrogen-bond acceptors (Lipinski definition) is 6. The number of pyridine rings is 1. The minimum absolute atomic E-state index is 0.0800. The number of rotatable bonds is 10. The third kappa shape index (κ3) is 6.07. The van der Waals surface area contributed by atoms with Crippen molar-refractivity contribution in [1.29, 1.82) is 0 Å². The van der Waals surface area contributed by atoms with E-state index in [9.17, 15) is 14.4 Å². The molecule has 1 aliphatic heterocycles. The van der Waals surface area contributed by atoms with Crippen LogP contribution in [0, 0.1) is 0 Å². The number of likely N-dealkylation sites (tertiary alicyclic amines) is 1. The number of benzene rings is 2. The van der Waals surface area contributed by atoms with Crippen molar-refractivity contribution in [1.82, 2.24) is 14.8 Å². The summed E-state index contributed by atoms with van der Waals surface area (Å²) in [4.78, 5) is 38.7. The fraction of sp³-hybridized carbons (Fsp3) is 0.393. The number of aromatic nitrogens is 1. The Morgan fingerprint density at radius 1 is 1.03 bits per heavy atom. The van der Waals surface area contributed by atoms with Gasteiger partial charge in [-0.2, -0.15) is 0 Å². The van der Waals surface area contributed by atoms with E-state index in [-0.39, 0.29) is 16.9 Å². The number of ketones is 1. The van der Waals surface area contributed by atoms with Gasteiger partial charge in [-0.3, -0.25) is 14.4 Å². The van der Waals surface area contributed by atoms with Gasteiger partial charge in [0.1, 0.15) is 0 Å². The average molecular weight is 491 g/mol. The molecule has 0 aliphatic carbocycles. The van der Waals surface area contributed by atoms with Crippen LogP contribution < -0.4 is 16.6 Å². The van der Waals surface area contributed by atoms with Crippen LogP contribution in [-0.4, -0.2) is 53.9 Å². The monoisotopic (exact) mass is 490 g/mol. The summed E-state index contributed by atoms with van der Waals surface area (Å²) in [5, 5.41) is 4.31. The number of carbonyl (C=O) groups is 2. The Balaban J connectivity index is 1.36. The van der Waals surface area contributed by atoms with Gasteiger partial charge in [0.05, 0.1) is 17.7 Å². The second-order valence-electron chi connectivity index (χ2n) is 9.45. The molecule has 3 aromatic rings. The van der Waals surface area contributed by atoms with Gasteiger partial charge in [0.25, 0.3) is 5.56 Å². The molecule has 2 aromatic carbocycles. The van der Waals surface area contributed by atoms with Crippen molar-refractivity contribution in [2.45, 2.75) is 45.5 Å². The molecular weight excluding hydrogens is 456 g/mol. The number of amides is 1. The van der Waals surface area contributed by atoms with Gasteiger partial charge in [-0.25, -0.2) is 0 Å². The number of carbonyl (C=O) groups excluding carboxylic acids is 2. The summed E-state index contributed by atoms with van der Waals surface area (Å²) in [6, 6.07) is 15.2. The SMILES string of the molecule is COCc1ccc2c(C(N)=O)cc(=O)n(CCN3CCC(NCc4ccc(C(C)=O)cc4)CC3)c2c1. The van der Waals surface area contributed by atoms with Gasteiger partial charge in [0, 0.05) is 49.8 Å². The van der Waals surface area contributed by atoms with Crippen LogP contribution in [0.5, 0.6) is 0 Å². The molecule has 1 saturated heterocycles. The van der Waals surface area contributed by atoms with Crippen molar-refractivity contribution < 1.29 is 14.3 Å². The van der Waals surface area contributed by atoms with E-state index >= 15 is 0 Å². The van der Waals surface area contributed by atoms with Gasteiger partial charge >= 0.3 is 0 Å². The molecule has 0 radical (unpaired) electrons. The molecule has 8 heteroatoms. The van der Waals surface area contributed by atoms with E-state index in [1.807, 2.05) is 42.5 Å². The number of hydrogen-bond donors (Lipinski definition) is 2. The predicted molar refractivity (Wildman–Crippen MR) is 140 cm³/mol. The van der Waals surface area contributed by atoms with Crippen molar-refractivity contribution in [3.63, 3.8) is 0 Å². The normalized spacial score (nSPS) is 14.8. The number of Topliss-reactive ketones (excluding diaryl/α,β-unsaturated/α-hetero) is 1. The first kappa shape index (κ1) is 25.8. The van der Waals surface area contributed by atoms with E-state index in [4.69, 9.17) is 10.5 Å². The maximum absolute atomic E-state index is 12.9. The van der Waals surface area contributed by atoms with Crippen LogP contribution in [0.15, 0.2) is 53.3 Å². The van der Waals surface area contributed by atoms with Crippen LogP contribution >= 0.6 is 0 Å². The van der Waals surface area contributed by atoms with Gasteiger partial charge < -0.3 is 25.3 Å². The minimum Gasteiger partial charge on any atom is -0.380 e. The lowest BCUT2D eigenvalue weighted by molar-refractivity contribution is 0.0997. The maximum Gasteiger partial charge on any atom is 0.251 e. The molecule has 1 amide bonds. The maximum atomic E-state index is 12.9. The van der Waals surface area contributed by atoms with E-state index in [0.717, 1.165) is 50.1 Å². The molecule has 1 aliphatic rings. The molecule has 190 valence electrons. The smallest absolute Gasteiger partial charge is 0.251 e. The highest BCUT2D eigenvalue weighted by Crippen LogP contribution is 2.20. The molecule has 1 aromatic heterocycles. The van der Waals surface area contributed by atoms with Crippen molar-refractivity contribution in [2.75, 3.05) is 26.7 Å². The van der Waals surface area contributed by atoms with E-state index in [0.29, 0.717) is 30.1 Å². The summed E-state index contributed by atoms with van der Waals surface area (Å²) in [6.45, 7) is 5.95. The molecule has 1 fully saturated rings. The summed E-state index contributed by atoms with van der Waals surface area (Å²) in [6.07, 6.45) is 2.06. The number of nitrogens with one attached hydrogen (secondary N) is 1. The lowest BCUT2D eigenvalue weighted by atomic mass is 10.0. The molecule has 8 nitrogen and oxygen atoms in total. The third-order valence-electron chi connectivity index (χ3n) is 6.94. The first-order valence-corrected chi connectivity index (χ1v) is 12.4.